The molecule has 0 aromatic heterocycles. The second kappa shape index (κ2) is 4.76. The van der Waals surface area contributed by atoms with Gasteiger partial charge in [-0.2, -0.15) is 0 Å². The number of carbonyl (C=O) groups is 1. The summed E-state index contributed by atoms with van der Waals surface area (Å²) in [5, 5.41) is 0. The van der Waals surface area contributed by atoms with Gasteiger partial charge in [-0.1, -0.05) is 0 Å². The molecule has 0 fully saturated rings. The molecule has 2 nitrogen and oxygen atoms in total. The van der Waals surface area contributed by atoms with Crippen LogP contribution in [0.15, 0.2) is 30.3 Å². The van der Waals surface area contributed by atoms with Crippen LogP contribution in [0.3, 0.4) is 0 Å². The van der Waals surface area contributed by atoms with Gasteiger partial charge in [-0.3, -0.25) is 4.79 Å². The fourth-order valence-electron chi connectivity index (χ4n) is 1.78. The van der Waals surface area contributed by atoms with Gasteiger partial charge in [0.1, 0.15) is 17.5 Å². The summed E-state index contributed by atoms with van der Waals surface area (Å²) in [6, 6.07) is 4.99. The lowest BCUT2D eigenvalue weighted by Crippen LogP contribution is -2.09. The number of halogens is 3. The average Bonchev–Trinajstić information content (AvgIpc) is 2.33. The van der Waals surface area contributed by atoms with E-state index >= 15 is 0 Å². The van der Waals surface area contributed by atoms with Crippen LogP contribution >= 0.6 is 0 Å². The second-order valence-electron chi connectivity index (χ2n) is 4.15. The van der Waals surface area contributed by atoms with Crippen LogP contribution < -0.4 is 5.73 Å². The van der Waals surface area contributed by atoms with Gasteiger partial charge in [0.25, 0.3) is 0 Å². The molecule has 0 aliphatic rings. The summed E-state index contributed by atoms with van der Waals surface area (Å²) in [5.74, 6) is -3.48. The standard InChI is InChI=1S/C14H10F3NO/c1-7-4-9(18)6-11(13(7)17)14(19)10-3-2-8(15)5-12(10)16/h2-6H,18H2,1H3. The van der Waals surface area contributed by atoms with Crippen molar-refractivity contribution in [3.8, 4) is 0 Å². The van der Waals surface area contributed by atoms with E-state index < -0.39 is 28.8 Å². The monoisotopic (exact) mass is 265 g/mol. The van der Waals surface area contributed by atoms with Crippen LogP contribution in [-0.2, 0) is 0 Å². The predicted molar refractivity (Wildman–Crippen MR) is 65.3 cm³/mol. The van der Waals surface area contributed by atoms with Crippen LogP contribution in [0.4, 0.5) is 18.9 Å². The van der Waals surface area contributed by atoms with Crippen LogP contribution in [0.25, 0.3) is 0 Å². The molecule has 0 bridgehead atoms. The SMILES string of the molecule is Cc1cc(N)cc(C(=O)c2ccc(F)cc2F)c1F. The summed E-state index contributed by atoms with van der Waals surface area (Å²) in [5.41, 5.74) is 5.19. The highest BCUT2D eigenvalue weighted by Gasteiger charge is 2.19. The molecule has 2 aromatic carbocycles. The van der Waals surface area contributed by atoms with E-state index in [0.29, 0.717) is 6.07 Å². The minimum absolute atomic E-state index is 0.186. The number of nitrogen functional groups attached to an aromatic ring is 1. The van der Waals surface area contributed by atoms with Crippen molar-refractivity contribution >= 4 is 11.5 Å². The van der Waals surface area contributed by atoms with Crippen LogP contribution in [0, 0.1) is 24.4 Å². The van der Waals surface area contributed by atoms with E-state index in [1.165, 1.54) is 13.0 Å². The number of benzene rings is 2. The molecule has 0 unspecified atom stereocenters. The number of hydrogen-bond donors (Lipinski definition) is 1. The van der Waals surface area contributed by atoms with E-state index in [4.69, 9.17) is 5.73 Å². The largest absolute Gasteiger partial charge is 0.399 e. The number of nitrogens with two attached hydrogens (primary N) is 1. The van der Waals surface area contributed by atoms with Gasteiger partial charge in [0, 0.05) is 11.8 Å². The fourth-order valence-corrected chi connectivity index (χ4v) is 1.78. The van der Waals surface area contributed by atoms with Gasteiger partial charge < -0.3 is 5.73 Å². The molecule has 98 valence electrons. The molecule has 0 amide bonds. The third kappa shape index (κ3) is 2.45. The smallest absolute Gasteiger partial charge is 0.199 e. The van der Waals surface area contributed by atoms with Gasteiger partial charge in [0.05, 0.1) is 11.1 Å². The van der Waals surface area contributed by atoms with Crippen molar-refractivity contribution in [1.29, 1.82) is 0 Å². The van der Waals surface area contributed by atoms with E-state index in [9.17, 15) is 18.0 Å². The molecule has 0 heterocycles. The third-order valence-electron chi connectivity index (χ3n) is 2.70. The van der Waals surface area contributed by atoms with Crippen LogP contribution in [-0.4, -0.2) is 5.78 Å². The van der Waals surface area contributed by atoms with Crippen molar-refractivity contribution in [2.45, 2.75) is 6.92 Å². The molecule has 5 heteroatoms. The number of hydrogen-bond acceptors (Lipinski definition) is 2. The lowest BCUT2D eigenvalue weighted by Gasteiger charge is -2.07. The lowest BCUT2D eigenvalue weighted by atomic mass is 9.99. The van der Waals surface area contributed by atoms with Gasteiger partial charge in [-0.05, 0) is 36.8 Å². The number of ketones is 1. The Hall–Kier alpha value is -2.30. The van der Waals surface area contributed by atoms with Gasteiger partial charge in [0.2, 0.25) is 0 Å². The Morgan fingerprint density at radius 3 is 2.37 bits per heavy atom. The summed E-state index contributed by atoms with van der Waals surface area (Å²) >= 11 is 0. The van der Waals surface area contributed by atoms with Crippen molar-refractivity contribution in [2.24, 2.45) is 0 Å². The number of rotatable bonds is 2. The summed E-state index contributed by atoms with van der Waals surface area (Å²) in [4.78, 5) is 12.0. The number of carbonyl (C=O) groups excluding carboxylic acids is 1. The van der Waals surface area contributed by atoms with E-state index in [1.54, 1.807) is 0 Å². The van der Waals surface area contributed by atoms with Crippen molar-refractivity contribution in [2.75, 3.05) is 5.73 Å². The molecular weight excluding hydrogens is 255 g/mol. The first-order chi connectivity index (χ1) is 8.90. The summed E-state index contributed by atoms with van der Waals surface area (Å²) in [7, 11) is 0. The normalized spacial score (nSPS) is 10.5. The molecule has 0 atom stereocenters. The minimum atomic E-state index is -1.04. The van der Waals surface area contributed by atoms with Crippen LogP contribution in [0.5, 0.6) is 0 Å². The molecule has 2 aromatic rings. The topological polar surface area (TPSA) is 43.1 Å². The molecule has 0 aliphatic heterocycles. The molecular formula is C14H10F3NO. The van der Waals surface area contributed by atoms with Crippen LogP contribution in [0.1, 0.15) is 21.5 Å². The first kappa shape index (κ1) is 13.1. The summed E-state index contributed by atoms with van der Waals surface area (Å²) in [6.07, 6.45) is 0. The van der Waals surface area contributed by atoms with E-state index in [0.717, 1.165) is 18.2 Å². The molecule has 0 aliphatic carbocycles. The Balaban J connectivity index is 2.56. The number of aryl methyl sites for hydroxylation is 1. The zero-order valence-corrected chi connectivity index (χ0v) is 10.0. The van der Waals surface area contributed by atoms with E-state index in [2.05, 4.69) is 0 Å². The molecule has 0 radical (unpaired) electrons. The highest BCUT2D eigenvalue weighted by Crippen LogP contribution is 2.22. The zero-order valence-electron chi connectivity index (χ0n) is 10.0. The second-order valence-corrected chi connectivity index (χ2v) is 4.15. The first-order valence-corrected chi connectivity index (χ1v) is 5.45. The first-order valence-electron chi connectivity index (χ1n) is 5.45. The fraction of sp³-hybridized carbons (Fsp3) is 0.0714. The van der Waals surface area contributed by atoms with Crippen molar-refractivity contribution < 1.29 is 18.0 Å². The quantitative estimate of drug-likeness (QED) is 0.669. The Morgan fingerprint density at radius 2 is 1.74 bits per heavy atom. The summed E-state index contributed by atoms with van der Waals surface area (Å²) < 4.78 is 40.1. The maximum atomic E-state index is 13.9. The minimum Gasteiger partial charge on any atom is -0.399 e. The predicted octanol–water partition coefficient (Wildman–Crippen LogP) is 3.23. The van der Waals surface area contributed by atoms with Gasteiger partial charge >= 0.3 is 0 Å². The Labute approximate surface area is 107 Å². The van der Waals surface area contributed by atoms with E-state index in [1.807, 2.05) is 0 Å². The summed E-state index contributed by atoms with van der Waals surface area (Å²) in [6.45, 7) is 1.45. The van der Waals surface area contributed by atoms with Crippen molar-refractivity contribution in [3.63, 3.8) is 0 Å². The average molecular weight is 265 g/mol. The molecule has 2 N–H and O–H groups in total. The zero-order chi connectivity index (χ0) is 14.2. The highest BCUT2D eigenvalue weighted by molar-refractivity contribution is 6.09. The number of anilines is 1. The molecule has 2 rings (SSSR count). The molecule has 0 saturated carbocycles. The Morgan fingerprint density at radius 1 is 1.05 bits per heavy atom. The Bertz CT molecular complexity index is 668. The van der Waals surface area contributed by atoms with Gasteiger partial charge in [-0.25, -0.2) is 13.2 Å². The molecule has 0 saturated heterocycles. The lowest BCUT2D eigenvalue weighted by molar-refractivity contribution is 0.103. The van der Waals surface area contributed by atoms with Crippen LogP contribution in [0.2, 0.25) is 0 Å². The third-order valence-corrected chi connectivity index (χ3v) is 2.70. The molecule has 0 spiro atoms. The highest BCUT2D eigenvalue weighted by atomic mass is 19.1. The molecule has 19 heavy (non-hydrogen) atoms. The van der Waals surface area contributed by atoms with Crippen molar-refractivity contribution in [3.05, 3.63) is 64.5 Å². The van der Waals surface area contributed by atoms with E-state index in [-0.39, 0.29) is 16.8 Å². The van der Waals surface area contributed by atoms with Crippen molar-refractivity contribution in [1.82, 2.24) is 0 Å². The maximum absolute atomic E-state index is 13.9. The van der Waals surface area contributed by atoms with Gasteiger partial charge in [-0.15, -0.1) is 0 Å². The Kier molecular flexibility index (Phi) is 3.29. The van der Waals surface area contributed by atoms with Gasteiger partial charge in [0.15, 0.2) is 5.78 Å². The maximum Gasteiger partial charge on any atom is 0.199 e.